The summed E-state index contributed by atoms with van der Waals surface area (Å²) in [5, 5.41) is 0.813. The van der Waals surface area contributed by atoms with Gasteiger partial charge in [-0.15, -0.1) is 0 Å². The van der Waals surface area contributed by atoms with Crippen LogP contribution in [-0.4, -0.2) is 24.8 Å². The van der Waals surface area contributed by atoms with Crippen molar-refractivity contribution in [1.29, 1.82) is 0 Å². The molecule has 33 heavy (non-hydrogen) atoms. The minimum atomic E-state index is -3.98. The Morgan fingerprint density at radius 2 is 1.67 bits per heavy atom. The van der Waals surface area contributed by atoms with Gasteiger partial charge in [-0.1, -0.05) is 30.3 Å². The fourth-order valence-corrected chi connectivity index (χ4v) is 5.06. The lowest BCUT2D eigenvalue weighted by molar-refractivity contribution is 0.399. The SMILES string of the molecule is COc1ccc(S(=O)(=O)N(Cc2ccc(F)cc2)Cc2cc3cccc(C)c3[nH]c2=O)cc1. The summed E-state index contributed by atoms with van der Waals surface area (Å²) in [7, 11) is -2.48. The number of ether oxygens (including phenoxy) is 1. The van der Waals surface area contributed by atoms with Gasteiger partial charge in [0.1, 0.15) is 11.6 Å². The summed E-state index contributed by atoms with van der Waals surface area (Å²) in [5.74, 6) is 0.116. The number of hydrogen-bond donors (Lipinski definition) is 1. The van der Waals surface area contributed by atoms with Gasteiger partial charge in [0.25, 0.3) is 5.56 Å². The molecular weight excluding hydrogens is 443 g/mol. The standard InChI is InChI=1S/C25H23FN2O4S/c1-17-4-3-5-19-14-20(25(29)27-24(17)19)16-28(15-18-6-8-21(26)9-7-18)33(30,31)23-12-10-22(32-2)11-13-23/h3-14H,15-16H2,1-2H3,(H,27,29). The van der Waals surface area contributed by atoms with E-state index in [4.69, 9.17) is 4.74 Å². The van der Waals surface area contributed by atoms with Crippen molar-refractivity contribution in [2.24, 2.45) is 0 Å². The average molecular weight is 467 g/mol. The van der Waals surface area contributed by atoms with Gasteiger partial charge in [-0.3, -0.25) is 4.79 Å². The van der Waals surface area contributed by atoms with E-state index in [1.165, 1.54) is 47.8 Å². The van der Waals surface area contributed by atoms with E-state index in [9.17, 15) is 17.6 Å². The third-order valence-electron chi connectivity index (χ3n) is 5.48. The van der Waals surface area contributed by atoms with Crippen LogP contribution in [0.25, 0.3) is 10.9 Å². The van der Waals surface area contributed by atoms with Crippen LogP contribution in [0.4, 0.5) is 4.39 Å². The summed E-state index contributed by atoms with van der Waals surface area (Å²) in [6.07, 6.45) is 0. The number of aryl methyl sites for hydroxylation is 1. The number of rotatable bonds is 7. The first kappa shape index (κ1) is 22.7. The van der Waals surface area contributed by atoms with Crippen molar-refractivity contribution in [1.82, 2.24) is 9.29 Å². The van der Waals surface area contributed by atoms with Gasteiger partial charge in [0.15, 0.2) is 0 Å². The van der Waals surface area contributed by atoms with E-state index in [-0.39, 0.29) is 23.5 Å². The molecule has 0 unspecified atom stereocenters. The van der Waals surface area contributed by atoms with Gasteiger partial charge in [0.2, 0.25) is 10.0 Å². The van der Waals surface area contributed by atoms with Crippen LogP contribution in [-0.2, 0) is 23.1 Å². The number of benzene rings is 3. The third-order valence-corrected chi connectivity index (χ3v) is 7.29. The molecule has 0 aliphatic rings. The van der Waals surface area contributed by atoms with Gasteiger partial charge in [-0.2, -0.15) is 4.31 Å². The quantitative estimate of drug-likeness (QED) is 0.439. The lowest BCUT2D eigenvalue weighted by atomic mass is 10.1. The monoisotopic (exact) mass is 466 g/mol. The molecule has 0 spiro atoms. The van der Waals surface area contributed by atoms with Crippen LogP contribution in [0.5, 0.6) is 5.75 Å². The van der Waals surface area contributed by atoms with E-state index in [2.05, 4.69) is 4.98 Å². The van der Waals surface area contributed by atoms with E-state index in [1.54, 1.807) is 18.2 Å². The number of methoxy groups -OCH3 is 1. The van der Waals surface area contributed by atoms with E-state index >= 15 is 0 Å². The zero-order valence-corrected chi connectivity index (χ0v) is 19.0. The normalized spacial score (nSPS) is 11.8. The van der Waals surface area contributed by atoms with Crippen molar-refractivity contribution in [3.05, 3.63) is 106 Å². The number of halogens is 1. The molecule has 0 fully saturated rings. The highest BCUT2D eigenvalue weighted by Gasteiger charge is 2.26. The average Bonchev–Trinajstić information content (AvgIpc) is 2.81. The smallest absolute Gasteiger partial charge is 0.252 e. The number of aromatic amines is 1. The van der Waals surface area contributed by atoms with Crippen LogP contribution in [0.1, 0.15) is 16.7 Å². The second kappa shape index (κ2) is 9.17. The zero-order valence-electron chi connectivity index (χ0n) is 18.2. The Bertz CT molecular complexity index is 1450. The van der Waals surface area contributed by atoms with Crippen molar-refractivity contribution in [3.63, 3.8) is 0 Å². The van der Waals surface area contributed by atoms with Crippen molar-refractivity contribution in [2.75, 3.05) is 7.11 Å². The van der Waals surface area contributed by atoms with E-state index in [0.717, 1.165) is 10.9 Å². The summed E-state index contributed by atoms with van der Waals surface area (Å²) >= 11 is 0. The molecule has 8 heteroatoms. The molecule has 0 aliphatic heterocycles. The molecule has 1 aromatic heterocycles. The molecule has 170 valence electrons. The number of nitrogens with one attached hydrogen (secondary N) is 1. The molecule has 0 aliphatic carbocycles. The van der Waals surface area contributed by atoms with Crippen LogP contribution >= 0.6 is 0 Å². The van der Waals surface area contributed by atoms with E-state index in [1.807, 2.05) is 25.1 Å². The molecule has 0 atom stereocenters. The molecule has 1 N–H and O–H groups in total. The van der Waals surface area contributed by atoms with E-state index < -0.39 is 15.8 Å². The van der Waals surface area contributed by atoms with Crippen LogP contribution < -0.4 is 10.3 Å². The predicted octanol–water partition coefficient (Wildman–Crippen LogP) is 4.38. The zero-order chi connectivity index (χ0) is 23.6. The fraction of sp³-hybridized carbons (Fsp3) is 0.160. The fourth-order valence-electron chi connectivity index (χ4n) is 3.65. The number of aromatic nitrogens is 1. The van der Waals surface area contributed by atoms with Gasteiger partial charge >= 0.3 is 0 Å². The van der Waals surface area contributed by atoms with Crippen molar-refractivity contribution in [3.8, 4) is 5.75 Å². The number of H-pyrrole nitrogens is 1. The maximum atomic E-state index is 13.5. The minimum Gasteiger partial charge on any atom is -0.497 e. The van der Waals surface area contributed by atoms with Gasteiger partial charge in [-0.05, 0) is 65.9 Å². The summed E-state index contributed by atoms with van der Waals surface area (Å²) in [6, 6.07) is 19.0. The molecule has 0 saturated heterocycles. The number of pyridine rings is 1. The Balaban J connectivity index is 1.77. The Labute approximate surface area is 191 Å². The van der Waals surface area contributed by atoms with Crippen LogP contribution in [0.2, 0.25) is 0 Å². The largest absolute Gasteiger partial charge is 0.497 e. The lowest BCUT2D eigenvalue weighted by Crippen LogP contribution is -2.32. The van der Waals surface area contributed by atoms with Crippen molar-refractivity contribution in [2.45, 2.75) is 24.9 Å². The number of para-hydroxylation sites is 1. The molecule has 0 saturated carbocycles. The van der Waals surface area contributed by atoms with E-state index in [0.29, 0.717) is 22.4 Å². The Morgan fingerprint density at radius 1 is 0.970 bits per heavy atom. The highest BCUT2D eigenvalue weighted by molar-refractivity contribution is 7.89. The summed E-state index contributed by atoms with van der Waals surface area (Å²) in [6.45, 7) is 1.72. The van der Waals surface area contributed by atoms with Gasteiger partial charge in [0.05, 0.1) is 17.5 Å². The molecule has 3 aromatic carbocycles. The maximum absolute atomic E-state index is 13.5. The van der Waals surface area contributed by atoms with Gasteiger partial charge < -0.3 is 9.72 Å². The lowest BCUT2D eigenvalue weighted by Gasteiger charge is -2.22. The predicted molar refractivity (Wildman–Crippen MR) is 125 cm³/mol. The second-order valence-electron chi connectivity index (χ2n) is 7.74. The number of sulfonamides is 1. The van der Waals surface area contributed by atoms with Gasteiger partial charge in [-0.25, -0.2) is 12.8 Å². The molecule has 0 bridgehead atoms. The first-order valence-corrected chi connectivity index (χ1v) is 11.7. The molecule has 0 amide bonds. The van der Waals surface area contributed by atoms with Crippen molar-refractivity contribution < 1.29 is 17.5 Å². The van der Waals surface area contributed by atoms with Crippen LogP contribution in [0.15, 0.2) is 82.5 Å². The third kappa shape index (κ3) is 4.81. The minimum absolute atomic E-state index is 0.0278. The highest BCUT2D eigenvalue weighted by atomic mass is 32.2. The summed E-state index contributed by atoms with van der Waals surface area (Å²) in [5.41, 5.74) is 2.19. The number of nitrogens with zero attached hydrogens (tertiary/aromatic N) is 1. The first-order valence-electron chi connectivity index (χ1n) is 10.3. The molecular formula is C25H23FN2O4S. The van der Waals surface area contributed by atoms with Gasteiger partial charge in [0, 0.05) is 18.7 Å². The Hall–Kier alpha value is -3.49. The first-order chi connectivity index (χ1) is 15.8. The molecule has 6 nitrogen and oxygen atoms in total. The Morgan fingerprint density at radius 3 is 2.33 bits per heavy atom. The van der Waals surface area contributed by atoms with Crippen molar-refractivity contribution >= 4 is 20.9 Å². The Kier molecular flexibility index (Phi) is 6.31. The van der Waals surface area contributed by atoms with Crippen LogP contribution in [0.3, 0.4) is 0 Å². The molecule has 4 rings (SSSR count). The maximum Gasteiger partial charge on any atom is 0.252 e. The topological polar surface area (TPSA) is 79.5 Å². The summed E-state index contributed by atoms with van der Waals surface area (Å²) < 4.78 is 46.8. The van der Waals surface area contributed by atoms with Crippen LogP contribution in [0, 0.1) is 12.7 Å². The highest BCUT2D eigenvalue weighted by Crippen LogP contribution is 2.24. The molecule has 4 aromatic rings. The number of fused-ring (bicyclic) bond motifs is 1. The number of hydrogen-bond acceptors (Lipinski definition) is 4. The molecule has 1 heterocycles. The summed E-state index contributed by atoms with van der Waals surface area (Å²) in [4.78, 5) is 15.8. The molecule has 0 radical (unpaired) electrons. The second-order valence-corrected chi connectivity index (χ2v) is 9.68.